The number of carbonyl (C=O) groups is 1. The molecule has 0 saturated carbocycles. The summed E-state index contributed by atoms with van der Waals surface area (Å²) in [6.45, 7) is 4.02. The first kappa shape index (κ1) is 23.4. The Kier molecular flexibility index (Phi) is 12.1. The number of unbranched alkanes of at least 4 members (excludes halogenated alkanes) is 10. The molecule has 0 unspecified atom stereocenters. The molecule has 4 nitrogen and oxygen atoms in total. The summed E-state index contributed by atoms with van der Waals surface area (Å²) < 4.78 is 0. The van der Waals surface area contributed by atoms with Crippen molar-refractivity contribution in [2.75, 3.05) is 13.1 Å². The van der Waals surface area contributed by atoms with Gasteiger partial charge in [-0.1, -0.05) is 71.1 Å². The van der Waals surface area contributed by atoms with Crippen LogP contribution >= 0.6 is 24.2 Å². The minimum Gasteiger partial charge on any atom is -0.477 e. The highest BCUT2D eigenvalue weighted by Gasteiger charge is 2.33. The molecule has 0 bridgehead atoms. The van der Waals surface area contributed by atoms with Gasteiger partial charge < -0.3 is 10.0 Å². The Balaban J connectivity index is 0.00000338. The third-order valence-corrected chi connectivity index (χ3v) is 6.16. The van der Waals surface area contributed by atoms with Crippen molar-refractivity contribution in [3.05, 3.63) is 10.6 Å². The number of carboxylic acids is 1. The van der Waals surface area contributed by atoms with Crippen LogP contribution in [0.25, 0.3) is 0 Å². The predicted octanol–water partition coefficient (Wildman–Crippen LogP) is 6.21. The number of halogens is 1. The average Bonchev–Trinajstić information content (AvgIpc) is 2.99. The highest BCUT2D eigenvalue weighted by molar-refractivity contribution is 8.18. The number of hydrogen-bond donors (Lipinski definition) is 1. The molecule has 0 aliphatic carbocycles. The standard InChI is InChI=1S/C20H34N2O2S.ClH/c1-2-3-4-5-6-7-8-9-10-11-12-14-17-18(19(23)24)25-20-21-15-13-16-22(17)20;/h2-16H2,1H3,(H,23,24);1H. The van der Waals surface area contributed by atoms with Crippen LogP contribution in [0.2, 0.25) is 0 Å². The van der Waals surface area contributed by atoms with Crippen LogP contribution in [0.4, 0.5) is 0 Å². The molecule has 2 heterocycles. The molecule has 0 atom stereocenters. The lowest BCUT2D eigenvalue weighted by Crippen LogP contribution is -2.29. The van der Waals surface area contributed by atoms with Gasteiger partial charge in [-0.3, -0.25) is 4.99 Å². The summed E-state index contributed by atoms with van der Waals surface area (Å²) in [5.74, 6) is -0.792. The molecule has 1 N–H and O–H groups in total. The van der Waals surface area contributed by atoms with Crippen molar-refractivity contribution < 1.29 is 9.90 Å². The molecule has 2 rings (SSSR count). The Bertz CT molecular complexity index is 494. The molecule has 0 radical (unpaired) electrons. The summed E-state index contributed by atoms with van der Waals surface area (Å²) in [4.78, 5) is 18.6. The average molecular weight is 403 g/mol. The number of allylic oxidation sites excluding steroid dienone is 1. The van der Waals surface area contributed by atoms with Crippen molar-refractivity contribution in [1.82, 2.24) is 4.90 Å². The van der Waals surface area contributed by atoms with Crippen LogP contribution in [-0.2, 0) is 4.79 Å². The van der Waals surface area contributed by atoms with E-state index < -0.39 is 5.97 Å². The first-order valence-corrected chi connectivity index (χ1v) is 11.0. The second-order valence-electron chi connectivity index (χ2n) is 7.14. The number of hydrogen-bond acceptors (Lipinski definition) is 4. The summed E-state index contributed by atoms with van der Waals surface area (Å²) >= 11 is 1.35. The summed E-state index contributed by atoms with van der Waals surface area (Å²) in [7, 11) is 0. The molecule has 0 aromatic heterocycles. The highest BCUT2D eigenvalue weighted by Crippen LogP contribution is 2.38. The van der Waals surface area contributed by atoms with E-state index in [0.717, 1.165) is 43.2 Å². The van der Waals surface area contributed by atoms with Gasteiger partial charge in [0.2, 0.25) is 0 Å². The van der Waals surface area contributed by atoms with Crippen LogP contribution in [0, 0.1) is 0 Å². The largest absolute Gasteiger partial charge is 0.477 e. The van der Waals surface area contributed by atoms with E-state index in [9.17, 15) is 9.90 Å². The lowest BCUT2D eigenvalue weighted by atomic mass is 10.0. The number of rotatable bonds is 13. The van der Waals surface area contributed by atoms with E-state index in [-0.39, 0.29) is 12.4 Å². The van der Waals surface area contributed by atoms with E-state index in [2.05, 4.69) is 16.8 Å². The summed E-state index contributed by atoms with van der Waals surface area (Å²) in [5.41, 5.74) is 1.01. The van der Waals surface area contributed by atoms with Gasteiger partial charge in [0.25, 0.3) is 0 Å². The van der Waals surface area contributed by atoms with Crippen molar-refractivity contribution in [3.63, 3.8) is 0 Å². The van der Waals surface area contributed by atoms with Gasteiger partial charge in [0.05, 0.1) is 0 Å². The molecule has 0 spiro atoms. The van der Waals surface area contributed by atoms with Gasteiger partial charge >= 0.3 is 5.97 Å². The number of nitrogens with zero attached hydrogens (tertiary/aromatic N) is 2. The van der Waals surface area contributed by atoms with E-state index in [4.69, 9.17) is 0 Å². The van der Waals surface area contributed by atoms with Gasteiger partial charge in [-0.05, 0) is 31.0 Å². The first-order valence-electron chi connectivity index (χ1n) is 10.2. The van der Waals surface area contributed by atoms with Gasteiger partial charge in [-0.2, -0.15) is 0 Å². The van der Waals surface area contributed by atoms with Crippen LogP contribution in [0.5, 0.6) is 0 Å². The number of amidine groups is 1. The Morgan fingerprint density at radius 1 is 1.04 bits per heavy atom. The number of thioether (sulfide) groups is 1. The molecule has 0 fully saturated rings. The monoisotopic (exact) mass is 402 g/mol. The minimum atomic E-state index is -0.792. The van der Waals surface area contributed by atoms with Crippen LogP contribution in [0.1, 0.15) is 90.4 Å². The van der Waals surface area contributed by atoms with E-state index in [1.165, 1.54) is 76.0 Å². The van der Waals surface area contributed by atoms with Crippen LogP contribution < -0.4 is 0 Å². The highest BCUT2D eigenvalue weighted by atomic mass is 35.5. The van der Waals surface area contributed by atoms with Crippen molar-refractivity contribution in [2.24, 2.45) is 4.99 Å². The van der Waals surface area contributed by atoms with Gasteiger partial charge in [0.15, 0.2) is 5.17 Å². The summed E-state index contributed by atoms with van der Waals surface area (Å²) in [6, 6.07) is 0. The van der Waals surface area contributed by atoms with E-state index in [0.29, 0.717) is 4.91 Å². The number of fused-ring (bicyclic) bond motifs is 1. The Morgan fingerprint density at radius 2 is 1.62 bits per heavy atom. The lowest BCUT2D eigenvalue weighted by molar-refractivity contribution is -0.131. The quantitative estimate of drug-likeness (QED) is 0.372. The lowest BCUT2D eigenvalue weighted by Gasteiger charge is -2.25. The maximum absolute atomic E-state index is 11.5. The summed E-state index contributed by atoms with van der Waals surface area (Å²) in [6.07, 6.45) is 16.4. The van der Waals surface area contributed by atoms with E-state index in [1.54, 1.807) is 0 Å². The van der Waals surface area contributed by atoms with Gasteiger partial charge in [0, 0.05) is 18.8 Å². The van der Waals surface area contributed by atoms with Crippen molar-refractivity contribution in [1.29, 1.82) is 0 Å². The smallest absolute Gasteiger partial charge is 0.344 e. The molecular weight excluding hydrogens is 368 g/mol. The topological polar surface area (TPSA) is 52.9 Å². The molecule has 6 heteroatoms. The molecule has 0 saturated heterocycles. The van der Waals surface area contributed by atoms with Crippen LogP contribution in [0.3, 0.4) is 0 Å². The van der Waals surface area contributed by atoms with Crippen LogP contribution in [0.15, 0.2) is 15.6 Å². The molecule has 0 amide bonds. The van der Waals surface area contributed by atoms with E-state index >= 15 is 0 Å². The molecule has 150 valence electrons. The first-order chi connectivity index (χ1) is 12.2. The fraction of sp³-hybridized carbons (Fsp3) is 0.800. The Labute approximate surface area is 169 Å². The van der Waals surface area contributed by atoms with E-state index in [1.807, 2.05) is 0 Å². The molecule has 26 heavy (non-hydrogen) atoms. The molecule has 2 aliphatic heterocycles. The molecule has 2 aliphatic rings. The van der Waals surface area contributed by atoms with Crippen LogP contribution in [-0.4, -0.2) is 34.2 Å². The van der Waals surface area contributed by atoms with Crippen molar-refractivity contribution >= 4 is 35.3 Å². The van der Waals surface area contributed by atoms with Gasteiger partial charge in [-0.25, -0.2) is 4.79 Å². The van der Waals surface area contributed by atoms with Crippen molar-refractivity contribution in [2.45, 2.75) is 90.4 Å². The molecular formula is C20H35ClN2O2S. The molecule has 0 aromatic rings. The normalized spacial score (nSPS) is 16.3. The predicted molar refractivity (Wildman–Crippen MR) is 114 cm³/mol. The van der Waals surface area contributed by atoms with Gasteiger partial charge in [0.1, 0.15) is 4.91 Å². The fourth-order valence-electron chi connectivity index (χ4n) is 3.57. The number of carboxylic acid groups (broad SMARTS) is 1. The maximum atomic E-state index is 11.5. The Morgan fingerprint density at radius 3 is 2.19 bits per heavy atom. The number of aliphatic imine (C=N–C) groups is 1. The zero-order valence-corrected chi connectivity index (χ0v) is 17.8. The Hall–Kier alpha value is -0.680. The second kappa shape index (κ2) is 13.5. The zero-order chi connectivity index (χ0) is 17.9. The third-order valence-electron chi connectivity index (χ3n) is 5.01. The SMILES string of the molecule is CCCCCCCCCCCCCC1=C(C(=O)O)SC2=NCCCN21.Cl. The maximum Gasteiger partial charge on any atom is 0.344 e. The fourth-order valence-corrected chi connectivity index (χ4v) is 4.63. The second-order valence-corrected chi connectivity index (χ2v) is 8.12. The zero-order valence-electron chi connectivity index (χ0n) is 16.2. The minimum absolute atomic E-state index is 0. The van der Waals surface area contributed by atoms with Crippen molar-refractivity contribution in [3.8, 4) is 0 Å². The summed E-state index contributed by atoms with van der Waals surface area (Å²) in [5, 5.41) is 10.4. The third kappa shape index (κ3) is 7.51. The molecule has 0 aromatic carbocycles. The van der Waals surface area contributed by atoms with Gasteiger partial charge in [-0.15, -0.1) is 12.4 Å². The number of aliphatic carboxylic acids is 1.